The van der Waals surface area contributed by atoms with Crippen molar-refractivity contribution in [3.05, 3.63) is 58.0 Å². The second-order valence-corrected chi connectivity index (χ2v) is 10.1. The molecule has 7 nitrogen and oxygen atoms in total. The van der Waals surface area contributed by atoms with Crippen molar-refractivity contribution >= 4 is 16.7 Å². The first kappa shape index (κ1) is 25.0. The minimum absolute atomic E-state index is 0.0482. The Balaban J connectivity index is 1.69. The molecule has 1 saturated heterocycles. The lowest BCUT2D eigenvalue weighted by atomic mass is 9.95. The molecule has 1 aliphatic rings. The van der Waals surface area contributed by atoms with E-state index in [9.17, 15) is 4.79 Å². The van der Waals surface area contributed by atoms with E-state index < -0.39 is 0 Å². The Morgan fingerprint density at radius 2 is 1.71 bits per heavy atom. The maximum absolute atomic E-state index is 12.9. The summed E-state index contributed by atoms with van der Waals surface area (Å²) in [6.07, 6.45) is 3.81. The zero-order valence-electron chi connectivity index (χ0n) is 21.9. The number of rotatable bonds is 7. The Bertz CT molecular complexity index is 1270. The van der Waals surface area contributed by atoms with Crippen LogP contribution in [0.5, 0.6) is 0 Å². The third kappa shape index (κ3) is 4.72. The number of aryl methyl sites for hydroxylation is 1. The van der Waals surface area contributed by atoms with Crippen molar-refractivity contribution in [2.45, 2.75) is 78.0 Å². The van der Waals surface area contributed by atoms with Gasteiger partial charge in [0.1, 0.15) is 12.1 Å². The van der Waals surface area contributed by atoms with Crippen LogP contribution in [0.3, 0.4) is 0 Å². The smallest absolute Gasteiger partial charge is 0.252 e. The molecule has 0 amide bonds. The highest BCUT2D eigenvalue weighted by Gasteiger charge is 2.36. The van der Waals surface area contributed by atoms with Gasteiger partial charge in [-0.25, -0.2) is 0 Å². The second kappa shape index (κ2) is 10.2. The number of anilines is 1. The van der Waals surface area contributed by atoms with Gasteiger partial charge in [0.15, 0.2) is 0 Å². The summed E-state index contributed by atoms with van der Waals surface area (Å²) in [4.78, 5) is 17.9. The number of nitriles is 1. The van der Waals surface area contributed by atoms with Crippen molar-refractivity contribution in [2.24, 2.45) is 7.05 Å². The molecular formula is C28H38N6O. The third-order valence-electron chi connectivity index (χ3n) is 7.74. The molecule has 1 unspecified atom stereocenters. The zero-order valence-corrected chi connectivity index (χ0v) is 21.9. The van der Waals surface area contributed by atoms with Crippen molar-refractivity contribution in [1.29, 1.82) is 5.26 Å². The molecule has 0 saturated carbocycles. The lowest BCUT2D eigenvalue weighted by Gasteiger charge is -2.49. The number of benzene rings is 1. The van der Waals surface area contributed by atoms with Crippen molar-refractivity contribution < 1.29 is 0 Å². The van der Waals surface area contributed by atoms with Gasteiger partial charge in [-0.1, -0.05) is 52.0 Å². The van der Waals surface area contributed by atoms with Crippen LogP contribution >= 0.6 is 0 Å². The fourth-order valence-corrected chi connectivity index (χ4v) is 5.42. The van der Waals surface area contributed by atoms with E-state index in [1.54, 1.807) is 28.6 Å². The molecule has 1 fully saturated rings. The fourth-order valence-electron chi connectivity index (χ4n) is 5.42. The van der Waals surface area contributed by atoms with Gasteiger partial charge in [0.25, 0.3) is 5.56 Å². The van der Waals surface area contributed by atoms with Gasteiger partial charge < -0.3 is 9.47 Å². The van der Waals surface area contributed by atoms with Crippen LogP contribution in [0.2, 0.25) is 0 Å². The number of fused-ring (bicyclic) bond motifs is 1. The van der Waals surface area contributed by atoms with E-state index in [1.165, 1.54) is 11.1 Å². The highest BCUT2D eigenvalue weighted by atomic mass is 16.1. The minimum atomic E-state index is -0.0482. The van der Waals surface area contributed by atoms with E-state index in [-0.39, 0.29) is 18.1 Å². The second-order valence-electron chi connectivity index (χ2n) is 10.1. The first-order valence-electron chi connectivity index (χ1n) is 12.8. The van der Waals surface area contributed by atoms with Crippen LogP contribution in [-0.2, 0) is 13.6 Å². The molecule has 0 spiro atoms. The molecule has 4 rings (SSSR count). The Hall–Kier alpha value is -3.11. The Labute approximate surface area is 208 Å². The Kier molecular flexibility index (Phi) is 7.32. The molecule has 186 valence electrons. The third-order valence-corrected chi connectivity index (χ3v) is 7.74. The highest BCUT2D eigenvalue weighted by molar-refractivity contribution is 5.88. The van der Waals surface area contributed by atoms with Crippen molar-refractivity contribution in [2.75, 3.05) is 18.0 Å². The molecule has 0 radical (unpaired) electrons. The van der Waals surface area contributed by atoms with Crippen LogP contribution in [0.1, 0.15) is 70.5 Å². The average Bonchev–Trinajstić information content (AvgIpc) is 3.29. The standard InChI is InChI=1S/C28H38N6O/c1-7-23-17-34(25-15-27(35)31(6)26-18-32(14-13-29)30-28(25)26)24(8-2)16-33(23)20(5)22-11-9-21(10-12-22)19(3)4/h9-12,15,18-20,23-24H,7-8,14,16-17H2,1-6H3/t20?,23-,24+/m1/s1. The molecule has 3 heterocycles. The van der Waals surface area contributed by atoms with Gasteiger partial charge in [-0.2, -0.15) is 10.4 Å². The van der Waals surface area contributed by atoms with Crippen LogP contribution in [-0.4, -0.2) is 44.4 Å². The summed E-state index contributed by atoms with van der Waals surface area (Å²) in [7, 11) is 1.77. The van der Waals surface area contributed by atoms with Gasteiger partial charge in [-0.3, -0.25) is 14.4 Å². The van der Waals surface area contributed by atoms with Gasteiger partial charge in [-0.05, 0) is 36.8 Å². The fraction of sp³-hybridized carbons (Fsp3) is 0.536. The summed E-state index contributed by atoms with van der Waals surface area (Å²) in [6, 6.07) is 13.9. The zero-order chi connectivity index (χ0) is 25.3. The highest BCUT2D eigenvalue weighted by Crippen LogP contribution is 2.34. The van der Waals surface area contributed by atoms with E-state index in [4.69, 9.17) is 10.4 Å². The summed E-state index contributed by atoms with van der Waals surface area (Å²) in [5.74, 6) is 0.530. The lowest BCUT2D eigenvalue weighted by molar-refractivity contribution is 0.101. The number of hydrogen-bond acceptors (Lipinski definition) is 5. The quantitative estimate of drug-likeness (QED) is 0.491. The average molecular weight is 475 g/mol. The van der Waals surface area contributed by atoms with Gasteiger partial charge in [-0.15, -0.1) is 0 Å². The van der Waals surface area contributed by atoms with Crippen molar-refractivity contribution in [3.8, 4) is 6.07 Å². The first-order valence-corrected chi connectivity index (χ1v) is 12.8. The van der Waals surface area contributed by atoms with E-state index in [0.717, 1.165) is 42.7 Å². The molecule has 7 heteroatoms. The SMILES string of the molecule is CC[C@H]1CN(C(C)c2ccc(C(C)C)cc2)[C@H](CC)CN1c1cc(=O)n(C)c2cn(CC#N)nc12. The Morgan fingerprint density at radius 3 is 2.31 bits per heavy atom. The van der Waals surface area contributed by atoms with Crippen LogP contribution in [0.15, 0.2) is 41.3 Å². The number of nitrogens with zero attached hydrogens (tertiary/aromatic N) is 6. The molecule has 2 aromatic heterocycles. The van der Waals surface area contributed by atoms with Crippen LogP contribution < -0.4 is 10.5 Å². The molecule has 0 N–H and O–H groups in total. The van der Waals surface area contributed by atoms with Gasteiger partial charge in [0, 0.05) is 44.3 Å². The predicted octanol–water partition coefficient (Wildman–Crippen LogP) is 4.82. The lowest BCUT2D eigenvalue weighted by Crippen LogP contribution is -2.58. The summed E-state index contributed by atoms with van der Waals surface area (Å²) < 4.78 is 3.25. The van der Waals surface area contributed by atoms with Crippen LogP contribution in [0.25, 0.3) is 11.0 Å². The number of hydrogen-bond donors (Lipinski definition) is 0. The number of piperazine rings is 1. The molecule has 3 aromatic rings. The first-order chi connectivity index (χ1) is 16.8. The van der Waals surface area contributed by atoms with Crippen molar-refractivity contribution in [1.82, 2.24) is 19.2 Å². The van der Waals surface area contributed by atoms with Gasteiger partial charge >= 0.3 is 0 Å². The van der Waals surface area contributed by atoms with Crippen LogP contribution in [0.4, 0.5) is 5.69 Å². The van der Waals surface area contributed by atoms with Crippen molar-refractivity contribution in [3.63, 3.8) is 0 Å². The predicted molar refractivity (Wildman–Crippen MR) is 142 cm³/mol. The summed E-state index contributed by atoms with van der Waals surface area (Å²) in [5.41, 5.74) is 5.12. The van der Waals surface area contributed by atoms with E-state index in [0.29, 0.717) is 18.0 Å². The molecule has 0 bridgehead atoms. The van der Waals surface area contributed by atoms with Gasteiger partial charge in [0.05, 0.1) is 23.5 Å². The molecule has 3 atom stereocenters. The Morgan fingerprint density at radius 1 is 1.06 bits per heavy atom. The van der Waals surface area contributed by atoms with Gasteiger partial charge in [0.2, 0.25) is 0 Å². The normalized spacial score (nSPS) is 19.9. The maximum atomic E-state index is 12.9. The molecule has 1 aliphatic heterocycles. The summed E-state index contributed by atoms with van der Waals surface area (Å²) >= 11 is 0. The summed E-state index contributed by atoms with van der Waals surface area (Å²) in [6.45, 7) is 13.2. The summed E-state index contributed by atoms with van der Waals surface area (Å²) in [5, 5.41) is 13.9. The van der Waals surface area contributed by atoms with Crippen LogP contribution in [0, 0.1) is 11.3 Å². The van der Waals surface area contributed by atoms with E-state index in [2.05, 4.69) is 74.8 Å². The van der Waals surface area contributed by atoms with E-state index >= 15 is 0 Å². The van der Waals surface area contributed by atoms with E-state index in [1.807, 2.05) is 0 Å². The minimum Gasteiger partial charge on any atom is -0.364 e. The molecule has 35 heavy (non-hydrogen) atoms. The topological polar surface area (TPSA) is 70.1 Å². The number of aromatic nitrogens is 3. The maximum Gasteiger partial charge on any atom is 0.252 e. The largest absolute Gasteiger partial charge is 0.364 e. The monoisotopic (exact) mass is 474 g/mol. The molecular weight excluding hydrogens is 436 g/mol. The molecule has 1 aromatic carbocycles. The number of pyridine rings is 1. The molecule has 0 aliphatic carbocycles.